The molecule has 0 fully saturated rings. The maximum absolute atomic E-state index is 10.9. The summed E-state index contributed by atoms with van der Waals surface area (Å²) in [5.74, 6) is -0.128. The fraction of sp³-hybridized carbons (Fsp3) is 0.857. The summed E-state index contributed by atoms with van der Waals surface area (Å²) in [4.78, 5) is 10.9. The lowest BCUT2D eigenvalue weighted by atomic mass is 10.3. The van der Waals surface area contributed by atoms with Gasteiger partial charge in [-0.3, -0.25) is 4.79 Å². The highest BCUT2D eigenvalue weighted by atomic mass is 16.3. The van der Waals surface area contributed by atoms with Gasteiger partial charge in [0.15, 0.2) is 0 Å². The molecule has 0 bridgehead atoms. The lowest BCUT2D eigenvalue weighted by molar-refractivity contribution is -0.121. The van der Waals surface area contributed by atoms with Gasteiger partial charge in [0.1, 0.15) is 0 Å². The topological polar surface area (TPSA) is 81.6 Å². The van der Waals surface area contributed by atoms with Crippen LogP contribution in [0.1, 0.15) is 6.42 Å². The molecule has 0 rings (SSSR count). The van der Waals surface area contributed by atoms with E-state index in [-0.39, 0.29) is 19.1 Å². The van der Waals surface area contributed by atoms with Crippen LogP contribution in [0.2, 0.25) is 0 Å². The minimum Gasteiger partial charge on any atom is -0.394 e. The van der Waals surface area contributed by atoms with Crippen LogP contribution in [0.25, 0.3) is 0 Å². The van der Waals surface area contributed by atoms with Gasteiger partial charge in [-0.25, -0.2) is 0 Å². The molecule has 0 saturated carbocycles. The normalized spacial score (nSPS) is 12.6. The molecular formula is C7H16N2O3. The quantitative estimate of drug-likeness (QED) is 0.380. The van der Waals surface area contributed by atoms with Crippen molar-refractivity contribution in [3.05, 3.63) is 0 Å². The minimum absolute atomic E-state index is 0.110. The zero-order chi connectivity index (χ0) is 9.40. The molecule has 0 aromatic heterocycles. The van der Waals surface area contributed by atoms with E-state index in [9.17, 15) is 4.79 Å². The maximum atomic E-state index is 10.9. The van der Waals surface area contributed by atoms with Crippen molar-refractivity contribution < 1.29 is 15.0 Å². The largest absolute Gasteiger partial charge is 0.394 e. The molecule has 72 valence electrons. The predicted molar refractivity (Wildman–Crippen MR) is 44.6 cm³/mol. The Morgan fingerprint density at radius 3 is 2.75 bits per heavy atom. The van der Waals surface area contributed by atoms with Crippen LogP contribution in [-0.2, 0) is 4.79 Å². The summed E-state index contributed by atoms with van der Waals surface area (Å²) in [5.41, 5.74) is 0. The summed E-state index contributed by atoms with van der Waals surface area (Å²) in [5, 5.41) is 22.6. The first-order valence-corrected chi connectivity index (χ1v) is 3.91. The molecule has 0 aliphatic rings. The number of aliphatic hydroxyl groups excluding tert-OH is 2. The van der Waals surface area contributed by atoms with Crippen LogP contribution in [0.3, 0.4) is 0 Å². The third-order valence-corrected chi connectivity index (χ3v) is 1.35. The molecule has 0 aliphatic carbocycles. The van der Waals surface area contributed by atoms with E-state index in [2.05, 4.69) is 10.6 Å². The smallest absolute Gasteiger partial charge is 0.221 e. The Labute approximate surface area is 71.8 Å². The zero-order valence-corrected chi connectivity index (χ0v) is 7.21. The third kappa shape index (κ3) is 6.09. The van der Waals surface area contributed by atoms with Gasteiger partial charge < -0.3 is 20.8 Å². The summed E-state index contributed by atoms with van der Waals surface area (Å²) in [6, 6.07) is 0. The van der Waals surface area contributed by atoms with E-state index in [0.717, 1.165) is 0 Å². The van der Waals surface area contributed by atoms with Gasteiger partial charge in [0.2, 0.25) is 5.91 Å². The fourth-order valence-electron chi connectivity index (χ4n) is 0.623. The number of rotatable bonds is 6. The number of hydrogen-bond acceptors (Lipinski definition) is 4. The molecule has 0 aromatic rings. The van der Waals surface area contributed by atoms with Crippen molar-refractivity contribution in [1.29, 1.82) is 0 Å². The Morgan fingerprint density at radius 2 is 2.25 bits per heavy atom. The molecule has 0 saturated heterocycles. The Hall–Kier alpha value is -0.650. The van der Waals surface area contributed by atoms with E-state index < -0.39 is 6.10 Å². The fourth-order valence-corrected chi connectivity index (χ4v) is 0.623. The predicted octanol–water partition coefficient (Wildman–Crippen LogP) is -1.93. The first-order chi connectivity index (χ1) is 5.70. The first kappa shape index (κ1) is 11.4. The molecule has 0 aromatic carbocycles. The van der Waals surface area contributed by atoms with Gasteiger partial charge in [-0.15, -0.1) is 0 Å². The molecule has 0 heterocycles. The second-order valence-electron chi connectivity index (χ2n) is 2.49. The van der Waals surface area contributed by atoms with Crippen LogP contribution < -0.4 is 10.6 Å². The zero-order valence-electron chi connectivity index (χ0n) is 7.21. The molecule has 5 nitrogen and oxygen atoms in total. The van der Waals surface area contributed by atoms with Crippen molar-refractivity contribution in [3.8, 4) is 0 Å². The number of carbonyl (C=O) groups excluding carboxylic acids is 1. The highest BCUT2D eigenvalue weighted by Crippen LogP contribution is 1.80. The van der Waals surface area contributed by atoms with E-state index in [1.54, 1.807) is 7.05 Å². The van der Waals surface area contributed by atoms with Gasteiger partial charge in [0, 0.05) is 19.5 Å². The monoisotopic (exact) mass is 176 g/mol. The summed E-state index contributed by atoms with van der Waals surface area (Å²) in [6.07, 6.45) is -0.474. The van der Waals surface area contributed by atoms with Gasteiger partial charge in [-0.2, -0.15) is 0 Å². The van der Waals surface area contributed by atoms with Crippen LogP contribution in [-0.4, -0.2) is 49.0 Å². The molecule has 0 radical (unpaired) electrons. The van der Waals surface area contributed by atoms with Crippen LogP contribution in [0, 0.1) is 0 Å². The van der Waals surface area contributed by atoms with E-state index >= 15 is 0 Å². The van der Waals surface area contributed by atoms with Crippen LogP contribution in [0.5, 0.6) is 0 Å². The molecule has 1 atom stereocenters. The van der Waals surface area contributed by atoms with Crippen molar-refractivity contribution in [2.45, 2.75) is 12.5 Å². The van der Waals surface area contributed by atoms with Gasteiger partial charge in [-0.1, -0.05) is 0 Å². The van der Waals surface area contributed by atoms with E-state index in [1.807, 2.05) is 0 Å². The Bertz CT molecular complexity index is 130. The standard InChI is InChI=1S/C7H16N2O3/c1-8-3-2-7(12)9-4-6(11)5-10/h6,8,10-11H,2-5H2,1H3,(H,9,12). The SMILES string of the molecule is CNCCC(=O)NCC(O)CO. The second-order valence-corrected chi connectivity index (χ2v) is 2.49. The maximum Gasteiger partial charge on any atom is 0.221 e. The summed E-state index contributed by atoms with van der Waals surface area (Å²) < 4.78 is 0. The summed E-state index contributed by atoms with van der Waals surface area (Å²) >= 11 is 0. The number of amides is 1. The average molecular weight is 176 g/mol. The number of aliphatic hydroxyl groups is 2. The number of hydrogen-bond donors (Lipinski definition) is 4. The molecule has 12 heavy (non-hydrogen) atoms. The van der Waals surface area contributed by atoms with Crippen LogP contribution in [0.4, 0.5) is 0 Å². The molecular weight excluding hydrogens is 160 g/mol. The van der Waals surface area contributed by atoms with Crippen LogP contribution >= 0.6 is 0 Å². The van der Waals surface area contributed by atoms with Crippen molar-refractivity contribution in [2.75, 3.05) is 26.7 Å². The lowest BCUT2D eigenvalue weighted by Gasteiger charge is -2.08. The second kappa shape index (κ2) is 7.02. The van der Waals surface area contributed by atoms with E-state index in [0.29, 0.717) is 13.0 Å². The lowest BCUT2D eigenvalue weighted by Crippen LogP contribution is -2.34. The average Bonchev–Trinajstić information content (AvgIpc) is 2.10. The van der Waals surface area contributed by atoms with E-state index in [4.69, 9.17) is 10.2 Å². The summed E-state index contributed by atoms with van der Waals surface area (Å²) in [7, 11) is 1.76. The van der Waals surface area contributed by atoms with Crippen molar-refractivity contribution >= 4 is 5.91 Å². The Morgan fingerprint density at radius 1 is 1.58 bits per heavy atom. The van der Waals surface area contributed by atoms with Gasteiger partial charge in [0.25, 0.3) is 0 Å². The van der Waals surface area contributed by atoms with Crippen molar-refractivity contribution in [3.63, 3.8) is 0 Å². The van der Waals surface area contributed by atoms with Gasteiger partial charge >= 0.3 is 0 Å². The first-order valence-electron chi connectivity index (χ1n) is 3.91. The number of carbonyl (C=O) groups is 1. The molecule has 0 aliphatic heterocycles. The molecule has 1 unspecified atom stereocenters. The van der Waals surface area contributed by atoms with Crippen LogP contribution in [0.15, 0.2) is 0 Å². The Balaban J connectivity index is 3.31. The number of nitrogens with one attached hydrogen (secondary N) is 2. The third-order valence-electron chi connectivity index (χ3n) is 1.35. The van der Waals surface area contributed by atoms with Crippen molar-refractivity contribution in [1.82, 2.24) is 10.6 Å². The van der Waals surface area contributed by atoms with E-state index in [1.165, 1.54) is 0 Å². The Kier molecular flexibility index (Phi) is 6.64. The van der Waals surface area contributed by atoms with Crippen molar-refractivity contribution in [2.24, 2.45) is 0 Å². The molecule has 1 amide bonds. The molecule has 0 spiro atoms. The summed E-state index contributed by atoms with van der Waals surface area (Å²) in [6.45, 7) is 0.395. The van der Waals surface area contributed by atoms with Gasteiger partial charge in [-0.05, 0) is 7.05 Å². The molecule has 5 heteroatoms. The minimum atomic E-state index is -0.858. The highest BCUT2D eigenvalue weighted by molar-refractivity contribution is 5.76. The molecule has 4 N–H and O–H groups in total. The highest BCUT2D eigenvalue weighted by Gasteiger charge is 2.04. The van der Waals surface area contributed by atoms with Gasteiger partial charge in [0.05, 0.1) is 12.7 Å².